The molecule has 0 aromatic heterocycles. The molecule has 5 nitrogen and oxygen atoms in total. The quantitative estimate of drug-likeness (QED) is 0.790. The predicted octanol–water partition coefficient (Wildman–Crippen LogP) is 3.20. The van der Waals surface area contributed by atoms with E-state index in [2.05, 4.69) is 19.2 Å². The van der Waals surface area contributed by atoms with Gasteiger partial charge in [-0.05, 0) is 30.9 Å². The number of anilines is 1. The minimum atomic E-state index is -3.31. The van der Waals surface area contributed by atoms with Crippen molar-refractivity contribution in [2.24, 2.45) is 0 Å². The molecular weight excluding hydrogens is 312 g/mol. The number of nitrogens with zero attached hydrogens (tertiary/aromatic N) is 1. The summed E-state index contributed by atoms with van der Waals surface area (Å²) in [6, 6.07) is 7.57. The molecule has 0 spiro atoms. The van der Waals surface area contributed by atoms with Crippen LogP contribution in [0.3, 0.4) is 0 Å². The van der Waals surface area contributed by atoms with Gasteiger partial charge in [-0.25, -0.2) is 8.42 Å². The van der Waals surface area contributed by atoms with Gasteiger partial charge in [0.1, 0.15) is 0 Å². The summed E-state index contributed by atoms with van der Waals surface area (Å²) in [5.41, 5.74) is 1.87. The number of para-hydroxylation sites is 1. The van der Waals surface area contributed by atoms with Gasteiger partial charge in [-0.2, -0.15) is 4.31 Å². The Morgan fingerprint density at radius 1 is 1.22 bits per heavy atom. The smallest absolute Gasteiger partial charge is 0.225 e. The fourth-order valence-corrected chi connectivity index (χ4v) is 3.68. The van der Waals surface area contributed by atoms with Gasteiger partial charge in [0, 0.05) is 24.7 Å². The minimum Gasteiger partial charge on any atom is -0.326 e. The van der Waals surface area contributed by atoms with E-state index in [-0.39, 0.29) is 24.9 Å². The average Bonchev–Trinajstić information content (AvgIpc) is 2.46. The normalized spacial score (nSPS) is 13.3. The maximum Gasteiger partial charge on any atom is 0.225 e. The lowest BCUT2D eigenvalue weighted by Crippen LogP contribution is -2.39. The first-order chi connectivity index (χ1) is 10.7. The van der Waals surface area contributed by atoms with Gasteiger partial charge in [0.25, 0.3) is 0 Å². The Morgan fingerprint density at radius 2 is 1.83 bits per heavy atom. The monoisotopic (exact) mass is 340 g/mol. The molecule has 1 atom stereocenters. The SMILES string of the molecule is CCC(C)N(CCC(=O)Nc1ccccc1C(C)C)S(C)(=O)=O. The molecule has 0 bridgehead atoms. The van der Waals surface area contributed by atoms with Gasteiger partial charge in [0.15, 0.2) is 0 Å². The van der Waals surface area contributed by atoms with Crippen molar-refractivity contribution in [3.8, 4) is 0 Å². The number of carbonyl (C=O) groups excluding carboxylic acids is 1. The fourth-order valence-electron chi connectivity index (χ4n) is 2.46. The number of amides is 1. The van der Waals surface area contributed by atoms with E-state index in [1.807, 2.05) is 38.1 Å². The van der Waals surface area contributed by atoms with Crippen molar-refractivity contribution in [1.82, 2.24) is 4.31 Å². The molecule has 0 aliphatic rings. The summed E-state index contributed by atoms with van der Waals surface area (Å²) in [4.78, 5) is 12.2. The molecule has 130 valence electrons. The summed E-state index contributed by atoms with van der Waals surface area (Å²) in [5.74, 6) is 0.134. The van der Waals surface area contributed by atoms with Crippen molar-refractivity contribution < 1.29 is 13.2 Å². The zero-order valence-electron chi connectivity index (χ0n) is 14.7. The first kappa shape index (κ1) is 19.6. The molecule has 1 aromatic rings. The Kier molecular flexibility index (Phi) is 7.22. The first-order valence-corrected chi connectivity index (χ1v) is 9.87. The van der Waals surface area contributed by atoms with Crippen LogP contribution in [0.15, 0.2) is 24.3 Å². The summed E-state index contributed by atoms with van der Waals surface area (Å²) in [6.07, 6.45) is 2.04. The maximum atomic E-state index is 12.2. The number of benzene rings is 1. The molecule has 1 aromatic carbocycles. The molecule has 1 unspecified atom stereocenters. The molecule has 6 heteroatoms. The van der Waals surface area contributed by atoms with Crippen molar-refractivity contribution in [3.05, 3.63) is 29.8 Å². The number of rotatable bonds is 8. The summed E-state index contributed by atoms with van der Waals surface area (Å²) in [6.45, 7) is 8.12. The van der Waals surface area contributed by atoms with Gasteiger partial charge in [-0.3, -0.25) is 4.79 Å². The van der Waals surface area contributed by atoms with E-state index >= 15 is 0 Å². The van der Waals surface area contributed by atoms with E-state index in [0.717, 1.165) is 11.3 Å². The van der Waals surface area contributed by atoms with Gasteiger partial charge in [-0.15, -0.1) is 0 Å². The van der Waals surface area contributed by atoms with Crippen LogP contribution in [0.2, 0.25) is 0 Å². The highest BCUT2D eigenvalue weighted by Gasteiger charge is 2.22. The minimum absolute atomic E-state index is 0.110. The van der Waals surface area contributed by atoms with Crippen molar-refractivity contribution in [2.75, 3.05) is 18.1 Å². The number of hydrogen-bond acceptors (Lipinski definition) is 3. The van der Waals surface area contributed by atoms with Gasteiger partial charge >= 0.3 is 0 Å². The molecule has 1 amide bonds. The highest BCUT2D eigenvalue weighted by molar-refractivity contribution is 7.88. The second-order valence-electron chi connectivity index (χ2n) is 6.17. The summed E-state index contributed by atoms with van der Waals surface area (Å²) in [5, 5.41) is 2.90. The molecule has 0 saturated carbocycles. The third-order valence-electron chi connectivity index (χ3n) is 3.92. The van der Waals surface area contributed by atoms with Gasteiger partial charge < -0.3 is 5.32 Å². The highest BCUT2D eigenvalue weighted by Crippen LogP contribution is 2.23. The molecule has 1 rings (SSSR count). The summed E-state index contributed by atoms with van der Waals surface area (Å²) < 4.78 is 25.1. The number of carbonyl (C=O) groups is 1. The average molecular weight is 340 g/mol. The third kappa shape index (κ3) is 5.95. The molecule has 0 aliphatic heterocycles. The molecule has 0 fully saturated rings. The van der Waals surface area contributed by atoms with E-state index < -0.39 is 10.0 Å². The second-order valence-corrected chi connectivity index (χ2v) is 8.11. The topological polar surface area (TPSA) is 66.5 Å². The van der Waals surface area contributed by atoms with Crippen LogP contribution in [0.1, 0.15) is 52.0 Å². The van der Waals surface area contributed by atoms with Crippen molar-refractivity contribution in [2.45, 2.75) is 52.5 Å². The molecule has 23 heavy (non-hydrogen) atoms. The van der Waals surface area contributed by atoms with E-state index in [1.165, 1.54) is 10.6 Å². The highest BCUT2D eigenvalue weighted by atomic mass is 32.2. The number of nitrogens with one attached hydrogen (secondary N) is 1. The predicted molar refractivity (Wildman–Crippen MR) is 95.1 cm³/mol. The van der Waals surface area contributed by atoms with Gasteiger partial charge in [0.05, 0.1) is 6.26 Å². The molecule has 0 heterocycles. The lowest BCUT2D eigenvalue weighted by Gasteiger charge is -2.25. The Hall–Kier alpha value is -1.40. The van der Waals surface area contributed by atoms with E-state index in [1.54, 1.807) is 0 Å². The van der Waals surface area contributed by atoms with Crippen LogP contribution in [0.5, 0.6) is 0 Å². The lowest BCUT2D eigenvalue weighted by molar-refractivity contribution is -0.116. The van der Waals surface area contributed by atoms with Crippen LogP contribution < -0.4 is 5.32 Å². The molecule has 0 radical (unpaired) electrons. The zero-order valence-corrected chi connectivity index (χ0v) is 15.5. The zero-order chi connectivity index (χ0) is 17.6. The second kappa shape index (κ2) is 8.45. The van der Waals surface area contributed by atoms with E-state index in [0.29, 0.717) is 12.3 Å². The van der Waals surface area contributed by atoms with Crippen LogP contribution in [-0.4, -0.2) is 37.5 Å². The Bertz CT molecular complexity index is 626. The van der Waals surface area contributed by atoms with Crippen molar-refractivity contribution in [1.29, 1.82) is 0 Å². The van der Waals surface area contributed by atoms with Crippen LogP contribution >= 0.6 is 0 Å². The summed E-state index contributed by atoms with van der Waals surface area (Å²) >= 11 is 0. The Labute approximate surface area is 140 Å². The number of sulfonamides is 1. The van der Waals surface area contributed by atoms with Crippen molar-refractivity contribution in [3.63, 3.8) is 0 Å². The Balaban J connectivity index is 2.74. The maximum absolute atomic E-state index is 12.2. The summed E-state index contributed by atoms with van der Waals surface area (Å²) in [7, 11) is -3.31. The molecular formula is C17H28N2O3S. The van der Waals surface area contributed by atoms with Crippen molar-refractivity contribution >= 4 is 21.6 Å². The molecule has 0 saturated heterocycles. The lowest BCUT2D eigenvalue weighted by atomic mass is 10.0. The van der Waals surface area contributed by atoms with Crippen LogP contribution in [-0.2, 0) is 14.8 Å². The third-order valence-corrected chi connectivity index (χ3v) is 5.32. The fraction of sp³-hybridized carbons (Fsp3) is 0.588. The van der Waals surface area contributed by atoms with E-state index in [4.69, 9.17) is 0 Å². The number of hydrogen-bond donors (Lipinski definition) is 1. The van der Waals surface area contributed by atoms with Gasteiger partial charge in [-0.1, -0.05) is 39.0 Å². The van der Waals surface area contributed by atoms with E-state index in [9.17, 15) is 13.2 Å². The molecule has 1 N–H and O–H groups in total. The largest absolute Gasteiger partial charge is 0.326 e. The van der Waals surface area contributed by atoms with Crippen LogP contribution in [0, 0.1) is 0 Å². The van der Waals surface area contributed by atoms with Gasteiger partial charge in [0.2, 0.25) is 15.9 Å². The Morgan fingerprint density at radius 3 is 2.35 bits per heavy atom. The first-order valence-electron chi connectivity index (χ1n) is 8.02. The standard InChI is InChI=1S/C17H28N2O3S/c1-6-14(4)19(23(5,21)22)12-11-17(20)18-16-10-8-7-9-15(16)13(2)3/h7-10,13-14H,6,11-12H2,1-5H3,(H,18,20). The van der Waals surface area contributed by atoms with Crippen LogP contribution in [0.4, 0.5) is 5.69 Å². The molecule has 0 aliphatic carbocycles. The van der Waals surface area contributed by atoms with Crippen LogP contribution in [0.25, 0.3) is 0 Å².